The number of nitrogens with two attached hydrogens (primary N) is 1. The van der Waals surface area contributed by atoms with Crippen molar-refractivity contribution in [3.63, 3.8) is 0 Å². The van der Waals surface area contributed by atoms with Crippen molar-refractivity contribution in [3.8, 4) is 0 Å². The fourth-order valence-corrected chi connectivity index (χ4v) is 2.49. The van der Waals surface area contributed by atoms with E-state index in [1.807, 2.05) is 42.5 Å². The standard InChI is InChI=1S/C15H14BrN3S/c16-14-9-5-4-8-13(14)10-18-19-15(17)20-11-12-6-2-1-3-7-12/h1-10H,11H2,(H2,17,19). The molecule has 0 fully saturated rings. The monoisotopic (exact) mass is 347 g/mol. The van der Waals surface area contributed by atoms with Crippen molar-refractivity contribution in [2.75, 3.05) is 0 Å². The highest BCUT2D eigenvalue weighted by Gasteiger charge is 1.96. The van der Waals surface area contributed by atoms with Crippen LogP contribution in [-0.4, -0.2) is 11.4 Å². The third-order valence-corrected chi connectivity index (χ3v) is 4.07. The van der Waals surface area contributed by atoms with Gasteiger partial charge in [0.25, 0.3) is 0 Å². The van der Waals surface area contributed by atoms with Crippen LogP contribution in [0.1, 0.15) is 11.1 Å². The lowest BCUT2D eigenvalue weighted by molar-refractivity contribution is 1.25. The van der Waals surface area contributed by atoms with Gasteiger partial charge < -0.3 is 5.73 Å². The molecule has 2 aromatic rings. The largest absolute Gasteiger partial charge is 0.377 e. The Kier molecular flexibility index (Phi) is 5.83. The van der Waals surface area contributed by atoms with E-state index in [1.165, 1.54) is 17.3 Å². The van der Waals surface area contributed by atoms with Crippen LogP contribution in [0.2, 0.25) is 0 Å². The van der Waals surface area contributed by atoms with E-state index in [9.17, 15) is 0 Å². The highest BCUT2D eigenvalue weighted by molar-refractivity contribution is 9.10. The number of nitrogens with zero attached hydrogens (tertiary/aromatic N) is 2. The maximum absolute atomic E-state index is 5.81. The van der Waals surface area contributed by atoms with E-state index in [2.05, 4.69) is 38.3 Å². The van der Waals surface area contributed by atoms with Gasteiger partial charge in [-0.3, -0.25) is 0 Å². The lowest BCUT2D eigenvalue weighted by atomic mass is 10.2. The maximum Gasteiger partial charge on any atom is 0.180 e. The number of rotatable bonds is 4. The molecule has 0 heterocycles. The van der Waals surface area contributed by atoms with E-state index in [1.54, 1.807) is 6.21 Å². The van der Waals surface area contributed by atoms with Crippen LogP contribution in [0.3, 0.4) is 0 Å². The molecule has 2 rings (SSSR count). The van der Waals surface area contributed by atoms with Gasteiger partial charge in [0.15, 0.2) is 5.17 Å². The second-order valence-corrected chi connectivity index (χ2v) is 5.83. The highest BCUT2D eigenvalue weighted by Crippen LogP contribution is 2.14. The molecule has 0 spiro atoms. The lowest BCUT2D eigenvalue weighted by Gasteiger charge is -1.99. The smallest absolute Gasteiger partial charge is 0.180 e. The number of benzene rings is 2. The van der Waals surface area contributed by atoms with Crippen molar-refractivity contribution in [1.29, 1.82) is 0 Å². The van der Waals surface area contributed by atoms with Gasteiger partial charge in [-0.2, -0.15) is 5.10 Å². The third-order valence-electron chi connectivity index (χ3n) is 2.49. The number of hydrogen-bond donors (Lipinski definition) is 1. The van der Waals surface area contributed by atoms with E-state index >= 15 is 0 Å². The van der Waals surface area contributed by atoms with Crippen molar-refractivity contribution >= 4 is 39.1 Å². The molecule has 0 aliphatic carbocycles. The fraction of sp³-hybridized carbons (Fsp3) is 0.0667. The summed E-state index contributed by atoms with van der Waals surface area (Å²) in [7, 11) is 0. The Morgan fingerprint density at radius 2 is 1.80 bits per heavy atom. The molecule has 0 aliphatic heterocycles. The van der Waals surface area contributed by atoms with Crippen LogP contribution in [0.4, 0.5) is 0 Å². The zero-order valence-electron chi connectivity index (χ0n) is 10.7. The molecule has 0 amide bonds. The predicted octanol–water partition coefficient (Wildman–Crippen LogP) is 4.03. The van der Waals surface area contributed by atoms with Crippen molar-refractivity contribution in [3.05, 3.63) is 70.2 Å². The minimum absolute atomic E-state index is 0.456. The van der Waals surface area contributed by atoms with Gasteiger partial charge in [0.1, 0.15) is 0 Å². The Balaban J connectivity index is 1.89. The van der Waals surface area contributed by atoms with Crippen molar-refractivity contribution in [2.24, 2.45) is 15.9 Å². The predicted molar refractivity (Wildman–Crippen MR) is 91.1 cm³/mol. The second-order valence-electron chi connectivity index (χ2n) is 3.98. The summed E-state index contributed by atoms with van der Waals surface area (Å²) >= 11 is 4.92. The van der Waals surface area contributed by atoms with E-state index in [0.29, 0.717) is 5.17 Å². The molecule has 3 nitrogen and oxygen atoms in total. The highest BCUT2D eigenvalue weighted by atomic mass is 79.9. The van der Waals surface area contributed by atoms with Gasteiger partial charge in [0.2, 0.25) is 0 Å². The molecule has 0 radical (unpaired) electrons. The summed E-state index contributed by atoms with van der Waals surface area (Å²) in [5, 5.41) is 8.44. The number of thioether (sulfide) groups is 1. The molecular formula is C15H14BrN3S. The Bertz CT molecular complexity index is 612. The molecule has 102 valence electrons. The van der Waals surface area contributed by atoms with E-state index in [4.69, 9.17) is 5.73 Å². The zero-order valence-corrected chi connectivity index (χ0v) is 13.1. The van der Waals surface area contributed by atoms with Gasteiger partial charge in [-0.1, -0.05) is 76.2 Å². The molecule has 0 unspecified atom stereocenters. The first-order valence-corrected chi connectivity index (χ1v) is 7.81. The van der Waals surface area contributed by atoms with Crippen LogP contribution in [-0.2, 0) is 5.75 Å². The van der Waals surface area contributed by atoms with Gasteiger partial charge in [0.05, 0.1) is 6.21 Å². The Hall–Kier alpha value is -1.59. The summed E-state index contributed by atoms with van der Waals surface area (Å²) in [5.74, 6) is 0.792. The van der Waals surface area contributed by atoms with Crippen molar-refractivity contribution in [2.45, 2.75) is 5.75 Å². The summed E-state index contributed by atoms with van der Waals surface area (Å²) in [5.41, 5.74) is 7.99. The van der Waals surface area contributed by atoms with E-state index in [-0.39, 0.29) is 0 Å². The molecule has 20 heavy (non-hydrogen) atoms. The normalized spacial score (nSPS) is 11.9. The Morgan fingerprint density at radius 1 is 1.10 bits per heavy atom. The topological polar surface area (TPSA) is 50.7 Å². The first-order valence-electron chi connectivity index (χ1n) is 6.03. The summed E-state index contributed by atoms with van der Waals surface area (Å²) in [6.07, 6.45) is 1.68. The quantitative estimate of drug-likeness (QED) is 0.515. The maximum atomic E-state index is 5.81. The van der Waals surface area contributed by atoms with Gasteiger partial charge in [-0.25, -0.2) is 0 Å². The molecule has 0 aliphatic rings. The van der Waals surface area contributed by atoms with Crippen LogP contribution in [0.15, 0.2) is 69.3 Å². The summed E-state index contributed by atoms with van der Waals surface area (Å²) in [4.78, 5) is 0. The van der Waals surface area contributed by atoms with Crippen LogP contribution >= 0.6 is 27.7 Å². The van der Waals surface area contributed by atoms with Crippen LogP contribution in [0.25, 0.3) is 0 Å². The average Bonchev–Trinajstić information content (AvgIpc) is 2.48. The molecule has 0 aromatic heterocycles. The molecule has 0 atom stereocenters. The number of amidine groups is 1. The van der Waals surface area contributed by atoms with Crippen molar-refractivity contribution < 1.29 is 0 Å². The molecule has 0 saturated heterocycles. The minimum atomic E-state index is 0.456. The lowest BCUT2D eigenvalue weighted by Crippen LogP contribution is -2.06. The van der Waals surface area contributed by atoms with E-state index < -0.39 is 0 Å². The Morgan fingerprint density at radius 3 is 2.55 bits per heavy atom. The van der Waals surface area contributed by atoms with Gasteiger partial charge in [-0.05, 0) is 11.6 Å². The van der Waals surface area contributed by atoms with E-state index in [0.717, 1.165) is 15.8 Å². The van der Waals surface area contributed by atoms with Gasteiger partial charge in [0, 0.05) is 15.8 Å². The number of hydrogen-bond acceptors (Lipinski definition) is 3. The molecule has 2 aromatic carbocycles. The van der Waals surface area contributed by atoms with Crippen LogP contribution < -0.4 is 5.73 Å². The zero-order chi connectivity index (χ0) is 14.2. The summed E-state index contributed by atoms with van der Waals surface area (Å²) < 4.78 is 0.981. The van der Waals surface area contributed by atoms with Gasteiger partial charge in [-0.15, -0.1) is 5.10 Å². The molecule has 5 heteroatoms. The summed E-state index contributed by atoms with van der Waals surface area (Å²) in [6.45, 7) is 0. The number of halogens is 1. The second kappa shape index (κ2) is 7.87. The molecule has 2 N–H and O–H groups in total. The minimum Gasteiger partial charge on any atom is -0.377 e. The average molecular weight is 348 g/mol. The van der Waals surface area contributed by atoms with Gasteiger partial charge >= 0.3 is 0 Å². The fourth-order valence-electron chi connectivity index (χ4n) is 1.49. The molecule has 0 bridgehead atoms. The first-order chi connectivity index (χ1) is 9.75. The van der Waals surface area contributed by atoms with Crippen LogP contribution in [0, 0.1) is 0 Å². The SMILES string of the molecule is NC(=NN=Cc1ccccc1Br)SCc1ccccc1. The molecule has 0 saturated carbocycles. The first kappa shape index (κ1) is 14.8. The van der Waals surface area contributed by atoms with Crippen LogP contribution in [0.5, 0.6) is 0 Å². The third kappa shape index (κ3) is 4.83. The Labute approximate surface area is 131 Å². The molecular weight excluding hydrogens is 334 g/mol. The summed E-state index contributed by atoms with van der Waals surface area (Å²) in [6, 6.07) is 17.9. The van der Waals surface area contributed by atoms with Crippen molar-refractivity contribution in [1.82, 2.24) is 0 Å².